The van der Waals surface area contributed by atoms with Crippen LogP contribution in [0.4, 0.5) is 0 Å². The molecule has 0 amide bonds. The third kappa shape index (κ3) is 3.21. The van der Waals surface area contributed by atoms with Gasteiger partial charge in [-0.05, 0) is 22.9 Å². The van der Waals surface area contributed by atoms with Crippen molar-refractivity contribution in [3.63, 3.8) is 0 Å². The Labute approximate surface area is 203 Å². The summed E-state index contributed by atoms with van der Waals surface area (Å²) in [5, 5.41) is 4.96. The predicted molar refractivity (Wildman–Crippen MR) is 145 cm³/mol. The molecule has 0 saturated carbocycles. The second kappa shape index (κ2) is 7.93. The number of benzene rings is 5. The van der Waals surface area contributed by atoms with E-state index in [1.807, 2.05) is 36.4 Å². The fraction of sp³-hybridized carbons (Fsp3) is 0. The topological polar surface area (TPSA) is 30.7 Å². The lowest BCUT2D eigenvalue weighted by Gasteiger charge is -2.12. The average Bonchev–Trinajstić information content (AvgIpc) is 3.29. The van der Waals surface area contributed by atoms with Crippen molar-refractivity contribution >= 4 is 32.6 Å². The molecule has 2 heterocycles. The molecule has 0 unspecified atom stereocenters. The second-order valence-electron chi connectivity index (χ2n) is 8.70. The van der Waals surface area contributed by atoms with Crippen molar-refractivity contribution < 1.29 is 0 Å². The molecule has 5 aromatic carbocycles. The number of rotatable bonds is 3. The van der Waals surface area contributed by atoms with Crippen LogP contribution in [0.1, 0.15) is 0 Å². The number of hydrogen-bond donors (Lipinski definition) is 0. The lowest BCUT2D eigenvalue weighted by molar-refractivity contribution is 1.05. The van der Waals surface area contributed by atoms with Crippen molar-refractivity contribution in [1.82, 2.24) is 14.5 Å². The van der Waals surface area contributed by atoms with Crippen LogP contribution in [0, 0.1) is 0 Å². The van der Waals surface area contributed by atoms with E-state index < -0.39 is 0 Å². The highest BCUT2D eigenvalue weighted by molar-refractivity contribution is 6.21. The van der Waals surface area contributed by atoms with Gasteiger partial charge < -0.3 is 0 Å². The van der Waals surface area contributed by atoms with Gasteiger partial charge >= 0.3 is 0 Å². The lowest BCUT2D eigenvalue weighted by atomic mass is 10.0. The molecule has 35 heavy (non-hydrogen) atoms. The van der Waals surface area contributed by atoms with Gasteiger partial charge in [-0.25, -0.2) is 9.97 Å². The minimum Gasteiger partial charge on any atom is -0.294 e. The van der Waals surface area contributed by atoms with Gasteiger partial charge in [-0.2, -0.15) is 0 Å². The first-order valence-corrected chi connectivity index (χ1v) is 11.8. The van der Waals surface area contributed by atoms with Crippen molar-refractivity contribution in [2.75, 3.05) is 0 Å². The Hall–Kier alpha value is -4.76. The monoisotopic (exact) mass is 447 g/mol. The standard InChI is InChI=1S/C32H21N3/c1-3-12-23(13-4-1)27-21-30(34-32(33-27)24-14-5-2-6-15-24)35-28-18-10-9-17-26(28)31-25-16-8-7-11-22(25)19-20-29(31)35/h1-21H. The normalized spacial score (nSPS) is 11.4. The molecule has 164 valence electrons. The molecule has 0 aliphatic rings. The molecule has 0 aliphatic carbocycles. The Morgan fingerprint density at radius 1 is 0.486 bits per heavy atom. The van der Waals surface area contributed by atoms with Gasteiger partial charge in [-0.15, -0.1) is 0 Å². The first-order valence-electron chi connectivity index (χ1n) is 11.8. The molecule has 3 nitrogen and oxygen atoms in total. The van der Waals surface area contributed by atoms with Crippen LogP contribution in [0.5, 0.6) is 0 Å². The van der Waals surface area contributed by atoms with Gasteiger partial charge in [-0.3, -0.25) is 4.57 Å². The predicted octanol–water partition coefficient (Wildman–Crippen LogP) is 8.06. The summed E-state index contributed by atoms with van der Waals surface area (Å²) < 4.78 is 2.28. The number of fused-ring (bicyclic) bond motifs is 5. The summed E-state index contributed by atoms with van der Waals surface area (Å²) in [6, 6.07) is 44.2. The van der Waals surface area contributed by atoms with E-state index in [0.29, 0.717) is 5.82 Å². The van der Waals surface area contributed by atoms with Gasteiger partial charge in [0, 0.05) is 28.0 Å². The van der Waals surface area contributed by atoms with Crippen molar-refractivity contribution in [3.05, 3.63) is 127 Å². The molecule has 2 aromatic heterocycles. The van der Waals surface area contributed by atoms with E-state index in [4.69, 9.17) is 9.97 Å². The van der Waals surface area contributed by atoms with Gasteiger partial charge in [0.2, 0.25) is 0 Å². The molecule has 0 atom stereocenters. The Bertz CT molecular complexity index is 1780. The van der Waals surface area contributed by atoms with Gasteiger partial charge in [0.1, 0.15) is 5.82 Å². The summed E-state index contributed by atoms with van der Waals surface area (Å²) in [7, 11) is 0. The van der Waals surface area contributed by atoms with Crippen LogP contribution in [0.15, 0.2) is 127 Å². The SMILES string of the molecule is c1ccc(-c2cc(-n3c4ccccc4c4c5ccccc5ccc43)nc(-c3ccccc3)n2)cc1. The fourth-order valence-electron chi connectivity index (χ4n) is 5.01. The minimum atomic E-state index is 0.716. The van der Waals surface area contributed by atoms with Crippen molar-refractivity contribution in [1.29, 1.82) is 0 Å². The van der Waals surface area contributed by atoms with Crippen LogP contribution >= 0.6 is 0 Å². The van der Waals surface area contributed by atoms with E-state index in [-0.39, 0.29) is 0 Å². The molecule has 0 bridgehead atoms. The number of para-hydroxylation sites is 1. The van der Waals surface area contributed by atoms with Gasteiger partial charge in [0.15, 0.2) is 5.82 Å². The summed E-state index contributed by atoms with van der Waals surface area (Å²) in [5.74, 6) is 1.58. The third-order valence-corrected chi connectivity index (χ3v) is 6.61. The molecule has 0 spiro atoms. The number of aromatic nitrogens is 3. The Morgan fingerprint density at radius 2 is 1.14 bits per heavy atom. The molecule has 0 N–H and O–H groups in total. The molecule has 0 saturated heterocycles. The van der Waals surface area contributed by atoms with Crippen LogP contribution in [0.3, 0.4) is 0 Å². The molecule has 0 radical (unpaired) electrons. The maximum absolute atomic E-state index is 5.10. The molecule has 7 rings (SSSR count). The molecule has 0 aliphatic heterocycles. The van der Waals surface area contributed by atoms with Gasteiger partial charge in [0.25, 0.3) is 0 Å². The van der Waals surface area contributed by atoms with Crippen LogP contribution in [-0.2, 0) is 0 Å². The molecular formula is C32H21N3. The molecule has 0 fully saturated rings. The maximum atomic E-state index is 5.10. The fourth-order valence-corrected chi connectivity index (χ4v) is 5.01. The quantitative estimate of drug-likeness (QED) is 0.274. The minimum absolute atomic E-state index is 0.716. The van der Waals surface area contributed by atoms with E-state index >= 15 is 0 Å². The Balaban J connectivity index is 1.60. The highest BCUT2D eigenvalue weighted by Crippen LogP contribution is 2.37. The molecule has 3 heteroatoms. The van der Waals surface area contributed by atoms with Crippen molar-refractivity contribution in [2.24, 2.45) is 0 Å². The average molecular weight is 448 g/mol. The highest BCUT2D eigenvalue weighted by Gasteiger charge is 2.17. The van der Waals surface area contributed by atoms with E-state index in [9.17, 15) is 0 Å². The summed E-state index contributed by atoms with van der Waals surface area (Å²) in [5.41, 5.74) is 5.25. The van der Waals surface area contributed by atoms with Gasteiger partial charge in [-0.1, -0.05) is 109 Å². The number of hydrogen-bond acceptors (Lipinski definition) is 2. The van der Waals surface area contributed by atoms with Crippen LogP contribution in [0.25, 0.3) is 61.0 Å². The second-order valence-corrected chi connectivity index (χ2v) is 8.70. The van der Waals surface area contributed by atoms with Crippen LogP contribution in [-0.4, -0.2) is 14.5 Å². The highest BCUT2D eigenvalue weighted by atomic mass is 15.1. The smallest absolute Gasteiger partial charge is 0.162 e. The first kappa shape index (κ1) is 19.7. The van der Waals surface area contributed by atoms with E-state index in [1.54, 1.807) is 0 Å². The largest absolute Gasteiger partial charge is 0.294 e. The van der Waals surface area contributed by atoms with E-state index in [1.165, 1.54) is 21.5 Å². The van der Waals surface area contributed by atoms with Gasteiger partial charge in [0.05, 0.1) is 16.7 Å². The molecule has 7 aromatic rings. The number of nitrogens with zero attached hydrogens (tertiary/aromatic N) is 3. The Kier molecular flexibility index (Phi) is 4.46. The third-order valence-electron chi connectivity index (χ3n) is 6.61. The van der Waals surface area contributed by atoms with E-state index in [0.717, 1.165) is 33.7 Å². The van der Waals surface area contributed by atoms with Crippen molar-refractivity contribution in [2.45, 2.75) is 0 Å². The Morgan fingerprint density at radius 3 is 1.94 bits per heavy atom. The summed E-state index contributed by atoms with van der Waals surface area (Å²) >= 11 is 0. The summed E-state index contributed by atoms with van der Waals surface area (Å²) in [6.07, 6.45) is 0. The first-order chi connectivity index (χ1) is 17.4. The summed E-state index contributed by atoms with van der Waals surface area (Å²) in [6.45, 7) is 0. The van der Waals surface area contributed by atoms with Crippen molar-refractivity contribution in [3.8, 4) is 28.5 Å². The zero-order chi connectivity index (χ0) is 23.2. The zero-order valence-corrected chi connectivity index (χ0v) is 19.0. The van der Waals surface area contributed by atoms with E-state index in [2.05, 4.69) is 95.6 Å². The van der Waals surface area contributed by atoms with Crippen LogP contribution in [0.2, 0.25) is 0 Å². The lowest BCUT2D eigenvalue weighted by Crippen LogP contribution is -2.02. The maximum Gasteiger partial charge on any atom is 0.162 e. The molecular weight excluding hydrogens is 426 g/mol. The zero-order valence-electron chi connectivity index (χ0n) is 19.0. The summed E-state index contributed by atoms with van der Waals surface area (Å²) in [4.78, 5) is 10.1. The van der Waals surface area contributed by atoms with Crippen LogP contribution < -0.4 is 0 Å².